The van der Waals surface area contributed by atoms with E-state index in [4.69, 9.17) is 4.74 Å². The number of nitrogens with one attached hydrogen (secondary N) is 1. The van der Waals surface area contributed by atoms with Crippen LogP contribution in [0.5, 0.6) is 5.88 Å². The Kier molecular flexibility index (Phi) is 4.84. The molecule has 1 aromatic rings. The molecule has 1 aromatic heterocycles. The van der Waals surface area contributed by atoms with Crippen LogP contribution in [0.25, 0.3) is 0 Å². The largest absolute Gasteiger partial charge is 0.477 e. The van der Waals surface area contributed by atoms with E-state index in [0.717, 1.165) is 18.5 Å². The SMILES string of the molecule is C=C(C)CCOc1cc(CNC)ccn1. The molecule has 0 aliphatic heterocycles. The predicted molar refractivity (Wildman–Crippen MR) is 61.9 cm³/mol. The summed E-state index contributed by atoms with van der Waals surface area (Å²) in [7, 11) is 1.92. The minimum atomic E-state index is 0.644. The highest BCUT2D eigenvalue weighted by molar-refractivity contribution is 5.20. The zero-order chi connectivity index (χ0) is 11.1. The number of ether oxygens (including phenoxy) is 1. The van der Waals surface area contributed by atoms with Crippen LogP contribution in [0.4, 0.5) is 0 Å². The third kappa shape index (κ3) is 4.61. The monoisotopic (exact) mass is 206 g/mol. The van der Waals surface area contributed by atoms with E-state index in [1.807, 2.05) is 26.1 Å². The van der Waals surface area contributed by atoms with Gasteiger partial charge >= 0.3 is 0 Å². The molecule has 0 aliphatic carbocycles. The van der Waals surface area contributed by atoms with Crippen molar-refractivity contribution < 1.29 is 4.74 Å². The molecular formula is C12H18N2O. The molecule has 15 heavy (non-hydrogen) atoms. The van der Waals surface area contributed by atoms with Crippen LogP contribution in [0.3, 0.4) is 0 Å². The number of pyridine rings is 1. The summed E-state index contributed by atoms with van der Waals surface area (Å²) in [6.45, 7) is 7.29. The molecule has 0 fully saturated rings. The summed E-state index contributed by atoms with van der Waals surface area (Å²) in [6.07, 6.45) is 2.64. The van der Waals surface area contributed by atoms with E-state index in [9.17, 15) is 0 Å². The molecule has 0 spiro atoms. The van der Waals surface area contributed by atoms with Crippen LogP contribution in [0.15, 0.2) is 30.5 Å². The summed E-state index contributed by atoms with van der Waals surface area (Å²) in [4.78, 5) is 4.14. The maximum absolute atomic E-state index is 5.50. The average molecular weight is 206 g/mol. The van der Waals surface area contributed by atoms with Gasteiger partial charge in [-0.1, -0.05) is 5.57 Å². The van der Waals surface area contributed by atoms with Crippen LogP contribution >= 0.6 is 0 Å². The van der Waals surface area contributed by atoms with Crippen molar-refractivity contribution in [3.05, 3.63) is 36.0 Å². The summed E-state index contributed by atoms with van der Waals surface area (Å²) in [5.41, 5.74) is 2.30. The molecule has 0 aromatic carbocycles. The van der Waals surface area contributed by atoms with Gasteiger partial charge in [0.2, 0.25) is 5.88 Å². The lowest BCUT2D eigenvalue weighted by atomic mass is 10.2. The Morgan fingerprint density at radius 3 is 3.07 bits per heavy atom. The number of aromatic nitrogens is 1. The van der Waals surface area contributed by atoms with Gasteiger partial charge in [0, 0.05) is 25.2 Å². The molecule has 1 heterocycles. The van der Waals surface area contributed by atoms with E-state index in [-0.39, 0.29) is 0 Å². The maximum atomic E-state index is 5.50. The standard InChI is InChI=1S/C12H18N2O/c1-10(2)5-7-15-12-8-11(9-13-3)4-6-14-12/h4,6,8,13H,1,5,7,9H2,2-3H3. The van der Waals surface area contributed by atoms with Gasteiger partial charge in [0.25, 0.3) is 0 Å². The van der Waals surface area contributed by atoms with Gasteiger partial charge in [-0.2, -0.15) is 0 Å². The Morgan fingerprint density at radius 2 is 2.40 bits per heavy atom. The number of hydrogen-bond acceptors (Lipinski definition) is 3. The second-order valence-electron chi connectivity index (χ2n) is 3.59. The summed E-state index contributed by atoms with van der Waals surface area (Å²) >= 11 is 0. The van der Waals surface area contributed by atoms with Crippen LogP contribution in [-0.2, 0) is 6.54 Å². The first-order valence-electron chi connectivity index (χ1n) is 5.09. The zero-order valence-corrected chi connectivity index (χ0v) is 9.42. The highest BCUT2D eigenvalue weighted by Crippen LogP contribution is 2.10. The third-order valence-corrected chi connectivity index (χ3v) is 1.96. The van der Waals surface area contributed by atoms with Gasteiger partial charge in [-0.3, -0.25) is 0 Å². The van der Waals surface area contributed by atoms with Gasteiger partial charge in [-0.25, -0.2) is 4.98 Å². The van der Waals surface area contributed by atoms with E-state index < -0.39 is 0 Å². The van der Waals surface area contributed by atoms with Crippen molar-refractivity contribution in [1.29, 1.82) is 0 Å². The molecular weight excluding hydrogens is 188 g/mol. The first-order valence-corrected chi connectivity index (χ1v) is 5.09. The highest BCUT2D eigenvalue weighted by atomic mass is 16.5. The minimum absolute atomic E-state index is 0.644. The molecule has 0 atom stereocenters. The average Bonchev–Trinajstić information content (AvgIpc) is 2.18. The summed E-state index contributed by atoms with van der Waals surface area (Å²) in [5, 5.41) is 3.09. The quantitative estimate of drug-likeness (QED) is 0.724. The number of nitrogens with zero attached hydrogens (tertiary/aromatic N) is 1. The van der Waals surface area contributed by atoms with Crippen LogP contribution in [0.1, 0.15) is 18.9 Å². The number of rotatable bonds is 6. The van der Waals surface area contributed by atoms with Crippen LogP contribution in [0, 0.1) is 0 Å². The number of hydrogen-bond donors (Lipinski definition) is 1. The fraction of sp³-hybridized carbons (Fsp3) is 0.417. The van der Waals surface area contributed by atoms with Crippen molar-refractivity contribution in [1.82, 2.24) is 10.3 Å². The molecule has 0 amide bonds. The molecule has 0 saturated heterocycles. The first kappa shape index (κ1) is 11.7. The summed E-state index contributed by atoms with van der Waals surface area (Å²) in [5.74, 6) is 0.684. The predicted octanol–water partition coefficient (Wildman–Crippen LogP) is 2.15. The van der Waals surface area contributed by atoms with Crippen LogP contribution in [0.2, 0.25) is 0 Å². The Labute approximate surface area is 91.2 Å². The Bertz CT molecular complexity index is 323. The lowest BCUT2D eigenvalue weighted by Crippen LogP contribution is -2.06. The van der Waals surface area contributed by atoms with Crippen molar-refractivity contribution in [2.24, 2.45) is 0 Å². The van der Waals surface area contributed by atoms with Crippen LogP contribution in [-0.4, -0.2) is 18.6 Å². The Balaban J connectivity index is 2.46. The van der Waals surface area contributed by atoms with E-state index in [0.29, 0.717) is 12.5 Å². The Morgan fingerprint density at radius 1 is 1.60 bits per heavy atom. The first-order chi connectivity index (χ1) is 7.22. The van der Waals surface area contributed by atoms with Gasteiger partial charge in [0.05, 0.1) is 6.61 Å². The van der Waals surface area contributed by atoms with E-state index in [1.165, 1.54) is 5.56 Å². The second-order valence-corrected chi connectivity index (χ2v) is 3.59. The molecule has 1 rings (SSSR count). The van der Waals surface area contributed by atoms with Crippen molar-refractivity contribution in [2.45, 2.75) is 19.9 Å². The fourth-order valence-electron chi connectivity index (χ4n) is 1.17. The van der Waals surface area contributed by atoms with Gasteiger partial charge in [-0.15, -0.1) is 6.58 Å². The van der Waals surface area contributed by atoms with Crippen molar-refractivity contribution in [2.75, 3.05) is 13.7 Å². The van der Waals surface area contributed by atoms with Gasteiger partial charge in [-0.05, 0) is 25.6 Å². The highest BCUT2D eigenvalue weighted by Gasteiger charge is 1.97. The molecule has 0 saturated carbocycles. The molecule has 82 valence electrons. The fourth-order valence-corrected chi connectivity index (χ4v) is 1.17. The van der Waals surface area contributed by atoms with Gasteiger partial charge in [0.15, 0.2) is 0 Å². The molecule has 1 N–H and O–H groups in total. The lowest BCUT2D eigenvalue weighted by Gasteiger charge is -2.06. The van der Waals surface area contributed by atoms with Gasteiger partial charge in [0.1, 0.15) is 0 Å². The molecule has 0 bridgehead atoms. The molecule has 3 heteroatoms. The third-order valence-electron chi connectivity index (χ3n) is 1.96. The van der Waals surface area contributed by atoms with E-state index >= 15 is 0 Å². The molecule has 3 nitrogen and oxygen atoms in total. The molecule has 0 unspecified atom stereocenters. The van der Waals surface area contributed by atoms with E-state index in [1.54, 1.807) is 6.20 Å². The molecule has 0 aliphatic rings. The lowest BCUT2D eigenvalue weighted by molar-refractivity contribution is 0.309. The maximum Gasteiger partial charge on any atom is 0.213 e. The molecule has 0 radical (unpaired) electrons. The summed E-state index contributed by atoms with van der Waals surface area (Å²) < 4.78 is 5.50. The van der Waals surface area contributed by atoms with Crippen molar-refractivity contribution in [3.63, 3.8) is 0 Å². The van der Waals surface area contributed by atoms with Crippen molar-refractivity contribution in [3.8, 4) is 5.88 Å². The zero-order valence-electron chi connectivity index (χ0n) is 9.42. The van der Waals surface area contributed by atoms with Crippen molar-refractivity contribution >= 4 is 0 Å². The topological polar surface area (TPSA) is 34.1 Å². The normalized spacial score (nSPS) is 10.0. The summed E-state index contributed by atoms with van der Waals surface area (Å²) in [6, 6.07) is 3.93. The van der Waals surface area contributed by atoms with Crippen LogP contribution < -0.4 is 10.1 Å². The van der Waals surface area contributed by atoms with Gasteiger partial charge < -0.3 is 10.1 Å². The smallest absolute Gasteiger partial charge is 0.213 e. The second kappa shape index (κ2) is 6.19. The van der Waals surface area contributed by atoms with E-state index in [2.05, 4.69) is 16.9 Å². The minimum Gasteiger partial charge on any atom is -0.477 e. The Hall–Kier alpha value is -1.35.